The SMILES string of the molecule is CNC(C1CCOC1)C1CCCCC1C(F)(F)F. The predicted molar refractivity (Wildman–Crippen MR) is 63.3 cm³/mol. The van der Waals surface area contributed by atoms with Crippen LogP contribution in [0.1, 0.15) is 32.1 Å². The van der Waals surface area contributed by atoms with Gasteiger partial charge in [-0.1, -0.05) is 12.8 Å². The number of alkyl halides is 3. The van der Waals surface area contributed by atoms with Gasteiger partial charge in [0, 0.05) is 18.6 Å². The highest BCUT2D eigenvalue weighted by Crippen LogP contribution is 2.44. The van der Waals surface area contributed by atoms with E-state index in [1.54, 1.807) is 7.05 Å². The summed E-state index contributed by atoms with van der Waals surface area (Å²) in [5, 5.41) is 3.14. The van der Waals surface area contributed by atoms with E-state index in [-0.39, 0.29) is 17.9 Å². The first-order chi connectivity index (χ1) is 8.54. The van der Waals surface area contributed by atoms with Crippen LogP contribution >= 0.6 is 0 Å². The summed E-state index contributed by atoms with van der Waals surface area (Å²) in [6, 6.07) is -0.0561. The van der Waals surface area contributed by atoms with Crippen molar-refractivity contribution < 1.29 is 17.9 Å². The molecular weight excluding hydrogens is 243 g/mol. The molecule has 0 radical (unpaired) electrons. The van der Waals surface area contributed by atoms with Gasteiger partial charge in [-0.15, -0.1) is 0 Å². The second-order valence-electron chi connectivity index (χ2n) is 5.53. The van der Waals surface area contributed by atoms with E-state index in [9.17, 15) is 13.2 Å². The van der Waals surface area contributed by atoms with Crippen LogP contribution in [0.2, 0.25) is 0 Å². The third kappa shape index (κ3) is 2.99. The van der Waals surface area contributed by atoms with Crippen molar-refractivity contribution in [2.45, 2.75) is 44.3 Å². The maximum Gasteiger partial charge on any atom is 0.392 e. The van der Waals surface area contributed by atoms with Gasteiger partial charge in [-0.2, -0.15) is 13.2 Å². The molecule has 0 aromatic heterocycles. The van der Waals surface area contributed by atoms with E-state index in [0.29, 0.717) is 32.5 Å². The summed E-state index contributed by atoms with van der Waals surface area (Å²) in [6.45, 7) is 1.29. The van der Waals surface area contributed by atoms with Crippen LogP contribution in [0, 0.1) is 17.8 Å². The Balaban J connectivity index is 2.10. The number of rotatable bonds is 3. The molecule has 1 heterocycles. The van der Waals surface area contributed by atoms with Crippen molar-refractivity contribution in [1.29, 1.82) is 0 Å². The van der Waals surface area contributed by atoms with Crippen LogP contribution in [0.15, 0.2) is 0 Å². The molecule has 0 aromatic rings. The van der Waals surface area contributed by atoms with E-state index in [2.05, 4.69) is 5.32 Å². The second kappa shape index (κ2) is 5.78. The van der Waals surface area contributed by atoms with E-state index in [0.717, 1.165) is 12.8 Å². The molecule has 2 fully saturated rings. The van der Waals surface area contributed by atoms with Gasteiger partial charge in [0.25, 0.3) is 0 Å². The number of hydrogen-bond donors (Lipinski definition) is 1. The lowest BCUT2D eigenvalue weighted by atomic mass is 9.71. The quantitative estimate of drug-likeness (QED) is 0.847. The van der Waals surface area contributed by atoms with Crippen LogP contribution in [0.3, 0.4) is 0 Å². The van der Waals surface area contributed by atoms with Gasteiger partial charge in [0.1, 0.15) is 0 Å². The zero-order valence-corrected chi connectivity index (χ0v) is 10.8. The molecule has 4 unspecified atom stereocenters. The number of ether oxygens (including phenoxy) is 1. The van der Waals surface area contributed by atoms with Crippen molar-refractivity contribution in [3.63, 3.8) is 0 Å². The van der Waals surface area contributed by atoms with Crippen molar-refractivity contribution in [3.8, 4) is 0 Å². The molecule has 0 bridgehead atoms. The highest BCUT2D eigenvalue weighted by molar-refractivity contribution is 4.92. The molecule has 1 saturated heterocycles. The summed E-state index contributed by atoms with van der Waals surface area (Å²) in [7, 11) is 1.78. The largest absolute Gasteiger partial charge is 0.392 e. The average molecular weight is 265 g/mol. The predicted octanol–water partition coefficient (Wildman–Crippen LogP) is 2.98. The van der Waals surface area contributed by atoms with Gasteiger partial charge >= 0.3 is 6.18 Å². The van der Waals surface area contributed by atoms with E-state index >= 15 is 0 Å². The fourth-order valence-electron chi connectivity index (χ4n) is 3.63. The Hall–Kier alpha value is -0.290. The van der Waals surface area contributed by atoms with Crippen LogP contribution in [0.25, 0.3) is 0 Å². The zero-order valence-electron chi connectivity index (χ0n) is 10.8. The van der Waals surface area contributed by atoms with Crippen LogP contribution in [-0.4, -0.2) is 32.5 Å². The molecule has 2 nitrogen and oxygen atoms in total. The third-order valence-electron chi connectivity index (χ3n) is 4.51. The van der Waals surface area contributed by atoms with Gasteiger partial charge < -0.3 is 10.1 Å². The molecule has 106 valence electrons. The van der Waals surface area contributed by atoms with E-state index in [1.807, 2.05) is 0 Å². The lowest BCUT2D eigenvalue weighted by molar-refractivity contribution is -0.200. The van der Waals surface area contributed by atoms with Crippen LogP contribution in [0.5, 0.6) is 0 Å². The van der Waals surface area contributed by atoms with Gasteiger partial charge in [0.05, 0.1) is 12.5 Å². The van der Waals surface area contributed by atoms with Crippen LogP contribution in [-0.2, 0) is 4.74 Å². The van der Waals surface area contributed by atoms with Gasteiger partial charge in [0.15, 0.2) is 0 Å². The van der Waals surface area contributed by atoms with E-state index < -0.39 is 12.1 Å². The molecule has 1 N–H and O–H groups in total. The fraction of sp³-hybridized carbons (Fsp3) is 1.00. The Kier molecular flexibility index (Phi) is 4.54. The van der Waals surface area contributed by atoms with E-state index in [4.69, 9.17) is 4.74 Å². The van der Waals surface area contributed by atoms with Crippen molar-refractivity contribution in [2.75, 3.05) is 20.3 Å². The second-order valence-corrected chi connectivity index (χ2v) is 5.53. The van der Waals surface area contributed by atoms with E-state index in [1.165, 1.54) is 0 Å². The molecule has 0 spiro atoms. The molecule has 1 aliphatic carbocycles. The minimum absolute atomic E-state index is 0.0561. The summed E-state index contributed by atoms with van der Waals surface area (Å²) in [5.41, 5.74) is 0. The molecular formula is C13H22F3NO. The first-order valence-electron chi connectivity index (χ1n) is 6.85. The molecule has 2 rings (SSSR count). The third-order valence-corrected chi connectivity index (χ3v) is 4.51. The summed E-state index contributed by atoms with van der Waals surface area (Å²) in [4.78, 5) is 0. The monoisotopic (exact) mass is 265 g/mol. The minimum Gasteiger partial charge on any atom is -0.381 e. The minimum atomic E-state index is -4.06. The van der Waals surface area contributed by atoms with Gasteiger partial charge in [-0.3, -0.25) is 0 Å². The average Bonchev–Trinajstić information content (AvgIpc) is 2.83. The van der Waals surface area contributed by atoms with Crippen molar-refractivity contribution in [3.05, 3.63) is 0 Å². The van der Waals surface area contributed by atoms with Crippen molar-refractivity contribution in [1.82, 2.24) is 5.32 Å². The van der Waals surface area contributed by atoms with Crippen LogP contribution in [0.4, 0.5) is 13.2 Å². The normalized spacial score (nSPS) is 35.7. The molecule has 1 saturated carbocycles. The molecule has 4 atom stereocenters. The summed E-state index contributed by atoms with van der Waals surface area (Å²) in [6.07, 6.45) is -0.570. The maximum absolute atomic E-state index is 13.1. The van der Waals surface area contributed by atoms with Crippen molar-refractivity contribution >= 4 is 0 Å². The summed E-state index contributed by atoms with van der Waals surface area (Å²) in [5.74, 6) is -1.18. The molecule has 2 aliphatic rings. The number of halogens is 3. The molecule has 1 aliphatic heterocycles. The van der Waals surface area contributed by atoms with Gasteiger partial charge in [-0.25, -0.2) is 0 Å². The van der Waals surface area contributed by atoms with Gasteiger partial charge in [-0.05, 0) is 32.2 Å². The Labute approximate surface area is 106 Å². The highest BCUT2D eigenvalue weighted by Gasteiger charge is 2.49. The lowest BCUT2D eigenvalue weighted by Gasteiger charge is -2.40. The first kappa shape index (κ1) is 14.1. The maximum atomic E-state index is 13.1. The zero-order chi connectivity index (χ0) is 13.2. The summed E-state index contributed by atoms with van der Waals surface area (Å²) < 4.78 is 44.7. The number of hydrogen-bond acceptors (Lipinski definition) is 2. The highest BCUT2D eigenvalue weighted by atomic mass is 19.4. The Morgan fingerprint density at radius 1 is 1.17 bits per heavy atom. The molecule has 18 heavy (non-hydrogen) atoms. The van der Waals surface area contributed by atoms with Crippen LogP contribution < -0.4 is 5.32 Å². The summed E-state index contributed by atoms with van der Waals surface area (Å²) >= 11 is 0. The standard InChI is InChI=1S/C13H22F3NO/c1-17-12(9-6-7-18-8-9)10-4-2-3-5-11(10)13(14,15)16/h9-12,17H,2-8H2,1H3. The topological polar surface area (TPSA) is 21.3 Å². The Bertz CT molecular complexity index is 263. The Morgan fingerprint density at radius 2 is 1.89 bits per heavy atom. The molecule has 5 heteroatoms. The van der Waals surface area contributed by atoms with Crippen molar-refractivity contribution in [2.24, 2.45) is 17.8 Å². The Morgan fingerprint density at radius 3 is 2.44 bits per heavy atom. The molecule has 0 aromatic carbocycles. The fourth-order valence-corrected chi connectivity index (χ4v) is 3.63. The first-order valence-corrected chi connectivity index (χ1v) is 6.85. The van der Waals surface area contributed by atoms with Gasteiger partial charge in [0.2, 0.25) is 0 Å². The molecule has 0 amide bonds. The number of nitrogens with one attached hydrogen (secondary N) is 1. The smallest absolute Gasteiger partial charge is 0.381 e. The lowest BCUT2D eigenvalue weighted by Crippen LogP contribution is -2.48.